The standard InChI is InChI=1S/C14H16BrNO3/c1-8-5-6-18-13(8)12(15)9-3-4-10-11(7-9)19-14(17)16(10)2/h3-4,7-8,12-13H,5-6H2,1-2H3. The van der Waals surface area contributed by atoms with E-state index in [4.69, 9.17) is 9.15 Å². The molecule has 0 radical (unpaired) electrons. The van der Waals surface area contributed by atoms with Crippen LogP contribution in [-0.2, 0) is 11.8 Å². The minimum absolute atomic E-state index is 0.125. The van der Waals surface area contributed by atoms with Crippen molar-refractivity contribution in [2.75, 3.05) is 6.61 Å². The van der Waals surface area contributed by atoms with E-state index in [0.717, 1.165) is 24.1 Å². The first-order valence-electron chi connectivity index (χ1n) is 6.43. The van der Waals surface area contributed by atoms with E-state index in [-0.39, 0.29) is 16.7 Å². The second-order valence-corrected chi connectivity index (χ2v) is 6.14. The third-order valence-electron chi connectivity index (χ3n) is 3.87. The fourth-order valence-electron chi connectivity index (χ4n) is 2.60. The van der Waals surface area contributed by atoms with E-state index >= 15 is 0 Å². The van der Waals surface area contributed by atoms with Crippen molar-refractivity contribution in [3.63, 3.8) is 0 Å². The van der Waals surface area contributed by atoms with Crippen LogP contribution < -0.4 is 5.76 Å². The Morgan fingerprint density at radius 2 is 2.26 bits per heavy atom. The van der Waals surface area contributed by atoms with Gasteiger partial charge in [0.2, 0.25) is 0 Å². The molecule has 2 aromatic rings. The molecule has 1 saturated heterocycles. The van der Waals surface area contributed by atoms with Gasteiger partial charge in [0.25, 0.3) is 0 Å². The molecule has 0 amide bonds. The summed E-state index contributed by atoms with van der Waals surface area (Å²) in [6, 6.07) is 5.86. The van der Waals surface area contributed by atoms with E-state index in [0.29, 0.717) is 11.5 Å². The van der Waals surface area contributed by atoms with Gasteiger partial charge in [-0.1, -0.05) is 28.9 Å². The van der Waals surface area contributed by atoms with Gasteiger partial charge in [0.1, 0.15) is 0 Å². The average Bonchev–Trinajstić information content (AvgIpc) is 2.93. The van der Waals surface area contributed by atoms with Crippen molar-refractivity contribution in [3.05, 3.63) is 34.3 Å². The molecule has 0 saturated carbocycles. The van der Waals surface area contributed by atoms with Gasteiger partial charge in [-0.05, 0) is 30.0 Å². The van der Waals surface area contributed by atoms with Crippen LogP contribution in [0.2, 0.25) is 0 Å². The first-order chi connectivity index (χ1) is 9.08. The van der Waals surface area contributed by atoms with E-state index in [1.165, 1.54) is 4.57 Å². The molecule has 0 bridgehead atoms. The lowest BCUT2D eigenvalue weighted by Gasteiger charge is -2.21. The molecule has 3 unspecified atom stereocenters. The molecular formula is C14H16BrNO3. The van der Waals surface area contributed by atoms with Crippen LogP contribution >= 0.6 is 15.9 Å². The number of aromatic nitrogens is 1. The maximum Gasteiger partial charge on any atom is 0.419 e. The summed E-state index contributed by atoms with van der Waals surface area (Å²) in [5, 5.41) is 0. The summed E-state index contributed by atoms with van der Waals surface area (Å²) in [6.07, 6.45) is 1.27. The van der Waals surface area contributed by atoms with Gasteiger partial charge in [-0.2, -0.15) is 0 Å². The molecule has 2 heterocycles. The topological polar surface area (TPSA) is 44.4 Å². The fourth-order valence-corrected chi connectivity index (χ4v) is 3.56. The number of nitrogens with zero attached hydrogens (tertiary/aromatic N) is 1. The smallest absolute Gasteiger partial charge is 0.408 e. The van der Waals surface area contributed by atoms with Gasteiger partial charge in [-0.25, -0.2) is 4.79 Å². The molecule has 1 aliphatic rings. The normalized spacial score (nSPS) is 25.0. The zero-order chi connectivity index (χ0) is 13.6. The zero-order valence-electron chi connectivity index (χ0n) is 10.9. The minimum Gasteiger partial charge on any atom is -0.408 e. The Morgan fingerprint density at radius 1 is 1.47 bits per heavy atom. The van der Waals surface area contributed by atoms with E-state index < -0.39 is 0 Å². The summed E-state index contributed by atoms with van der Waals surface area (Å²) in [4.78, 5) is 11.6. The number of rotatable bonds is 2. The summed E-state index contributed by atoms with van der Waals surface area (Å²) >= 11 is 3.71. The lowest BCUT2D eigenvalue weighted by Crippen LogP contribution is -2.19. The van der Waals surface area contributed by atoms with Crippen molar-refractivity contribution < 1.29 is 9.15 Å². The quantitative estimate of drug-likeness (QED) is 0.797. The van der Waals surface area contributed by atoms with Gasteiger partial charge in [0, 0.05) is 13.7 Å². The molecule has 3 atom stereocenters. The average molecular weight is 326 g/mol. The summed E-state index contributed by atoms with van der Waals surface area (Å²) in [6.45, 7) is 3.02. The zero-order valence-corrected chi connectivity index (χ0v) is 12.5. The summed E-state index contributed by atoms with van der Waals surface area (Å²) in [5.74, 6) is 0.201. The van der Waals surface area contributed by atoms with Gasteiger partial charge in [-0.3, -0.25) is 4.57 Å². The monoisotopic (exact) mass is 325 g/mol. The minimum atomic E-state index is -0.330. The first-order valence-corrected chi connectivity index (χ1v) is 7.34. The predicted octanol–water partition coefficient (Wildman–Crippen LogP) is 2.99. The lowest BCUT2D eigenvalue weighted by molar-refractivity contribution is 0.0935. The van der Waals surface area contributed by atoms with Crippen molar-refractivity contribution in [3.8, 4) is 0 Å². The molecule has 0 N–H and O–H groups in total. The molecule has 0 spiro atoms. The van der Waals surface area contributed by atoms with E-state index in [2.05, 4.69) is 22.9 Å². The van der Waals surface area contributed by atoms with Gasteiger partial charge in [0.05, 0.1) is 16.4 Å². The molecular weight excluding hydrogens is 310 g/mol. The number of oxazole rings is 1. The number of hydrogen-bond acceptors (Lipinski definition) is 3. The Hall–Kier alpha value is -1.07. The highest BCUT2D eigenvalue weighted by Gasteiger charge is 2.31. The molecule has 4 nitrogen and oxygen atoms in total. The van der Waals surface area contributed by atoms with Crippen LogP contribution in [0, 0.1) is 5.92 Å². The van der Waals surface area contributed by atoms with Gasteiger partial charge < -0.3 is 9.15 Å². The van der Waals surface area contributed by atoms with Crippen molar-refractivity contribution in [2.45, 2.75) is 24.3 Å². The molecule has 1 aromatic carbocycles. The van der Waals surface area contributed by atoms with Crippen molar-refractivity contribution >= 4 is 27.0 Å². The van der Waals surface area contributed by atoms with E-state index in [1.54, 1.807) is 7.05 Å². The Balaban J connectivity index is 1.99. The molecule has 0 aliphatic carbocycles. The number of fused-ring (bicyclic) bond motifs is 1. The molecule has 3 rings (SSSR count). The summed E-state index contributed by atoms with van der Waals surface area (Å²) in [7, 11) is 1.71. The van der Waals surface area contributed by atoms with Crippen molar-refractivity contribution in [2.24, 2.45) is 13.0 Å². The van der Waals surface area contributed by atoms with E-state index in [9.17, 15) is 4.79 Å². The van der Waals surface area contributed by atoms with Gasteiger partial charge >= 0.3 is 5.76 Å². The Bertz CT molecular complexity index is 660. The molecule has 5 heteroatoms. The Labute approximate surface area is 119 Å². The third kappa shape index (κ3) is 2.15. The second-order valence-electron chi connectivity index (χ2n) is 5.16. The molecule has 1 fully saturated rings. The highest BCUT2D eigenvalue weighted by Crippen LogP contribution is 2.37. The summed E-state index contributed by atoms with van der Waals surface area (Å²) in [5.41, 5.74) is 2.52. The van der Waals surface area contributed by atoms with Crippen LogP contribution in [0.15, 0.2) is 27.4 Å². The number of halogens is 1. The largest absolute Gasteiger partial charge is 0.419 e. The van der Waals surface area contributed by atoms with Crippen LogP contribution in [0.1, 0.15) is 23.7 Å². The van der Waals surface area contributed by atoms with E-state index in [1.807, 2.05) is 18.2 Å². The molecule has 102 valence electrons. The number of hydrogen-bond donors (Lipinski definition) is 0. The highest BCUT2D eigenvalue weighted by atomic mass is 79.9. The van der Waals surface area contributed by atoms with Crippen LogP contribution in [0.5, 0.6) is 0 Å². The van der Waals surface area contributed by atoms with Crippen LogP contribution in [0.4, 0.5) is 0 Å². The number of ether oxygens (including phenoxy) is 1. The fraction of sp³-hybridized carbons (Fsp3) is 0.500. The SMILES string of the molecule is CC1CCOC1C(Br)c1ccc2c(c1)oc(=O)n2C. The lowest BCUT2D eigenvalue weighted by atomic mass is 9.97. The molecule has 19 heavy (non-hydrogen) atoms. The summed E-state index contributed by atoms with van der Waals surface area (Å²) < 4.78 is 12.5. The number of alkyl halides is 1. The maximum atomic E-state index is 11.5. The first kappa shape index (κ1) is 12.9. The number of benzene rings is 1. The van der Waals surface area contributed by atoms with Crippen LogP contribution in [-0.4, -0.2) is 17.3 Å². The van der Waals surface area contributed by atoms with Crippen LogP contribution in [0.25, 0.3) is 11.1 Å². The van der Waals surface area contributed by atoms with Crippen LogP contribution in [0.3, 0.4) is 0 Å². The molecule has 1 aromatic heterocycles. The second kappa shape index (κ2) is 4.80. The number of aryl methyl sites for hydroxylation is 1. The predicted molar refractivity (Wildman–Crippen MR) is 76.6 cm³/mol. The van der Waals surface area contributed by atoms with Gasteiger partial charge in [0.15, 0.2) is 5.58 Å². The Morgan fingerprint density at radius 3 is 2.95 bits per heavy atom. The highest BCUT2D eigenvalue weighted by molar-refractivity contribution is 9.09. The van der Waals surface area contributed by atoms with Crippen molar-refractivity contribution in [1.29, 1.82) is 0 Å². The maximum absolute atomic E-state index is 11.5. The Kier molecular flexibility index (Phi) is 3.27. The van der Waals surface area contributed by atoms with Gasteiger partial charge in [-0.15, -0.1) is 0 Å². The third-order valence-corrected chi connectivity index (χ3v) is 4.92. The molecule has 1 aliphatic heterocycles. The van der Waals surface area contributed by atoms with Crippen molar-refractivity contribution in [1.82, 2.24) is 4.57 Å².